The van der Waals surface area contributed by atoms with E-state index in [9.17, 15) is 14.4 Å². The molecule has 0 aliphatic carbocycles. The highest BCUT2D eigenvalue weighted by molar-refractivity contribution is 6.31. The molecule has 2 aromatic carbocycles. The highest BCUT2D eigenvalue weighted by Crippen LogP contribution is 2.28. The summed E-state index contributed by atoms with van der Waals surface area (Å²) in [5, 5.41) is 3.28. The summed E-state index contributed by atoms with van der Waals surface area (Å²) in [6.07, 6.45) is 3.51. The van der Waals surface area contributed by atoms with Crippen LogP contribution in [-0.4, -0.2) is 38.5 Å². The van der Waals surface area contributed by atoms with Crippen LogP contribution in [0.5, 0.6) is 0 Å². The van der Waals surface area contributed by atoms with Crippen LogP contribution in [0, 0.1) is 6.92 Å². The molecule has 1 aliphatic heterocycles. The summed E-state index contributed by atoms with van der Waals surface area (Å²) in [4.78, 5) is 50.0. The van der Waals surface area contributed by atoms with Crippen LogP contribution in [0.25, 0.3) is 0 Å². The molecule has 4 aromatic rings. The second kappa shape index (κ2) is 10.3. The zero-order valence-corrected chi connectivity index (χ0v) is 20.8. The molecule has 0 spiro atoms. The van der Waals surface area contributed by atoms with E-state index in [0.29, 0.717) is 33.2 Å². The molecule has 184 valence electrons. The summed E-state index contributed by atoms with van der Waals surface area (Å²) >= 11 is 6.13. The fourth-order valence-electron chi connectivity index (χ4n) is 4.33. The first-order valence-electron chi connectivity index (χ1n) is 11.8. The molecule has 1 atom stereocenters. The van der Waals surface area contributed by atoms with Gasteiger partial charge in [-0.2, -0.15) is 0 Å². The van der Waals surface area contributed by atoms with Gasteiger partial charge in [0.2, 0.25) is 11.7 Å². The van der Waals surface area contributed by atoms with Gasteiger partial charge in [0.1, 0.15) is 11.7 Å². The van der Waals surface area contributed by atoms with E-state index in [4.69, 9.17) is 11.6 Å². The summed E-state index contributed by atoms with van der Waals surface area (Å²) in [7, 11) is 0. The molecule has 0 bridgehead atoms. The summed E-state index contributed by atoms with van der Waals surface area (Å²) in [5.41, 5.74) is 4.02. The minimum absolute atomic E-state index is 0.170. The van der Waals surface area contributed by atoms with Crippen LogP contribution in [0.15, 0.2) is 85.2 Å². The molecular formula is C29H23ClN4O3. The van der Waals surface area contributed by atoms with E-state index in [1.165, 1.54) is 0 Å². The molecule has 3 heterocycles. The molecule has 2 amide bonds. The number of benzene rings is 2. The molecule has 5 rings (SSSR count). The van der Waals surface area contributed by atoms with Crippen molar-refractivity contribution in [2.24, 2.45) is 0 Å². The van der Waals surface area contributed by atoms with Crippen LogP contribution in [0.1, 0.15) is 43.2 Å². The van der Waals surface area contributed by atoms with Crippen molar-refractivity contribution in [2.75, 3.05) is 5.32 Å². The Morgan fingerprint density at radius 3 is 2.51 bits per heavy atom. The number of carbonyl (C=O) groups is 3. The lowest BCUT2D eigenvalue weighted by molar-refractivity contribution is -0.120. The maximum Gasteiger partial charge on any atom is 0.256 e. The van der Waals surface area contributed by atoms with Crippen molar-refractivity contribution >= 4 is 34.9 Å². The third kappa shape index (κ3) is 5.27. The number of aryl methyl sites for hydroxylation is 1. The largest absolute Gasteiger partial charge is 0.323 e. The van der Waals surface area contributed by atoms with Crippen molar-refractivity contribution in [3.8, 4) is 0 Å². The highest BCUT2D eigenvalue weighted by atomic mass is 35.5. The fraction of sp³-hybridized carbons (Fsp3) is 0.138. The Morgan fingerprint density at radius 1 is 0.973 bits per heavy atom. The van der Waals surface area contributed by atoms with Gasteiger partial charge in [0.15, 0.2) is 0 Å². The zero-order valence-electron chi connectivity index (χ0n) is 20.0. The van der Waals surface area contributed by atoms with Crippen molar-refractivity contribution in [1.29, 1.82) is 0 Å². The number of anilines is 1. The van der Waals surface area contributed by atoms with E-state index >= 15 is 0 Å². The molecule has 1 N–H and O–H groups in total. The number of amides is 2. The summed E-state index contributed by atoms with van der Waals surface area (Å²) < 4.78 is 0. The van der Waals surface area contributed by atoms with Crippen LogP contribution in [0.3, 0.4) is 0 Å². The molecular weight excluding hydrogens is 488 g/mol. The molecule has 0 saturated heterocycles. The molecule has 2 aromatic heterocycles. The molecule has 0 fully saturated rings. The average molecular weight is 511 g/mol. The summed E-state index contributed by atoms with van der Waals surface area (Å²) in [6.45, 7) is 2.08. The van der Waals surface area contributed by atoms with E-state index in [0.717, 1.165) is 11.1 Å². The van der Waals surface area contributed by atoms with Gasteiger partial charge in [-0.05, 0) is 60.5 Å². The van der Waals surface area contributed by atoms with E-state index in [-0.39, 0.29) is 30.6 Å². The van der Waals surface area contributed by atoms with E-state index in [1.807, 2.05) is 25.1 Å². The summed E-state index contributed by atoms with van der Waals surface area (Å²) in [6, 6.07) is 20.1. The monoisotopic (exact) mass is 510 g/mol. The molecule has 7 nitrogen and oxygen atoms in total. The minimum atomic E-state index is -0.800. The van der Waals surface area contributed by atoms with Gasteiger partial charge >= 0.3 is 0 Å². The van der Waals surface area contributed by atoms with E-state index < -0.39 is 6.04 Å². The van der Waals surface area contributed by atoms with Crippen LogP contribution in [0.2, 0.25) is 5.02 Å². The Hall–Kier alpha value is -4.36. The Kier molecular flexibility index (Phi) is 6.79. The van der Waals surface area contributed by atoms with Crippen molar-refractivity contribution in [1.82, 2.24) is 14.9 Å². The first kappa shape index (κ1) is 24.3. The minimum Gasteiger partial charge on any atom is -0.323 e. The maximum absolute atomic E-state index is 13.7. The first-order chi connectivity index (χ1) is 17.9. The van der Waals surface area contributed by atoms with E-state index in [1.54, 1.807) is 71.9 Å². The van der Waals surface area contributed by atoms with Crippen LogP contribution >= 0.6 is 11.6 Å². The third-order valence-corrected chi connectivity index (χ3v) is 6.49. The Labute approximate surface area is 219 Å². The smallest absolute Gasteiger partial charge is 0.256 e. The second-order valence-electron chi connectivity index (χ2n) is 8.90. The van der Waals surface area contributed by atoms with Gasteiger partial charge in [0, 0.05) is 41.6 Å². The number of ketones is 1. The van der Waals surface area contributed by atoms with Crippen molar-refractivity contribution in [3.63, 3.8) is 0 Å². The SMILES string of the molecule is Cc1ccnc(C(=O)c2ccc(CN3C(=O)c4ccc(Cl)cc4NC(=O)[C@H]3Cc3ccccn3)cc2)c1. The number of hydrogen-bond acceptors (Lipinski definition) is 5. The van der Waals surface area contributed by atoms with Crippen LogP contribution in [0.4, 0.5) is 5.69 Å². The number of nitrogens with zero attached hydrogens (tertiary/aromatic N) is 3. The molecule has 37 heavy (non-hydrogen) atoms. The number of carbonyl (C=O) groups excluding carboxylic acids is 3. The highest BCUT2D eigenvalue weighted by Gasteiger charge is 2.36. The molecule has 0 radical (unpaired) electrons. The van der Waals surface area contributed by atoms with Crippen molar-refractivity contribution in [2.45, 2.75) is 25.9 Å². The second-order valence-corrected chi connectivity index (χ2v) is 9.33. The quantitative estimate of drug-likeness (QED) is 0.373. The van der Waals surface area contributed by atoms with Crippen LogP contribution in [-0.2, 0) is 17.8 Å². The van der Waals surface area contributed by atoms with Crippen molar-refractivity contribution < 1.29 is 14.4 Å². The lowest BCUT2D eigenvalue weighted by Gasteiger charge is -2.28. The van der Waals surface area contributed by atoms with Gasteiger partial charge in [-0.3, -0.25) is 24.4 Å². The van der Waals surface area contributed by atoms with E-state index in [2.05, 4.69) is 15.3 Å². The Bertz CT molecular complexity index is 1490. The number of pyridine rings is 2. The number of fused-ring (bicyclic) bond motifs is 1. The predicted octanol–water partition coefficient (Wildman–Crippen LogP) is 4.88. The van der Waals surface area contributed by atoms with Gasteiger partial charge < -0.3 is 10.2 Å². The average Bonchev–Trinajstić information content (AvgIpc) is 2.99. The zero-order chi connectivity index (χ0) is 25.9. The first-order valence-corrected chi connectivity index (χ1v) is 12.1. The molecule has 0 saturated carbocycles. The van der Waals surface area contributed by atoms with Gasteiger partial charge in [-0.25, -0.2) is 0 Å². The lowest BCUT2D eigenvalue weighted by atomic mass is 10.0. The fourth-order valence-corrected chi connectivity index (χ4v) is 4.50. The van der Waals surface area contributed by atoms with Gasteiger partial charge in [-0.1, -0.05) is 41.9 Å². The molecule has 1 aliphatic rings. The summed E-state index contributed by atoms with van der Waals surface area (Å²) in [5.74, 6) is -0.799. The third-order valence-electron chi connectivity index (χ3n) is 6.26. The lowest BCUT2D eigenvalue weighted by Crippen LogP contribution is -2.46. The predicted molar refractivity (Wildman–Crippen MR) is 141 cm³/mol. The molecule has 8 heteroatoms. The topological polar surface area (TPSA) is 92.3 Å². The van der Waals surface area contributed by atoms with Crippen molar-refractivity contribution in [3.05, 3.63) is 124 Å². The van der Waals surface area contributed by atoms with Gasteiger partial charge in [0.25, 0.3) is 5.91 Å². The number of nitrogens with one attached hydrogen (secondary N) is 1. The van der Waals surface area contributed by atoms with Crippen LogP contribution < -0.4 is 5.32 Å². The number of hydrogen-bond donors (Lipinski definition) is 1. The number of aromatic nitrogens is 2. The normalized spacial score (nSPS) is 15.1. The number of rotatable bonds is 6. The standard InChI is InChI=1S/C29H23ClN4O3/c1-18-11-13-32-25(14-18)27(35)20-7-5-19(6-8-20)17-34-26(16-22-4-2-3-12-31-22)28(36)33-24-15-21(30)9-10-23(24)29(34)37/h2-15,26H,16-17H2,1H3,(H,33,36)/t26-/m1/s1. The molecule has 0 unspecified atom stereocenters. The number of halogens is 1. The Balaban J connectivity index is 1.46. The Morgan fingerprint density at radius 2 is 1.78 bits per heavy atom. The van der Waals surface area contributed by atoms with Gasteiger partial charge in [-0.15, -0.1) is 0 Å². The maximum atomic E-state index is 13.7. The van der Waals surface area contributed by atoms with Gasteiger partial charge in [0.05, 0.1) is 11.3 Å².